The lowest BCUT2D eigenvalue weighted by Gasteiger charge is -2.34. The fourth-order valence-corrected chi connectivity index (χ4v) is 4.63. The van der Waals surface area contributed by atoms with E-state index in [2.05, 4.69) is 68.4 Å². The van der Waals surface area contributed by atoms with E-state index < -0.39 is 0 Å². The number of hydrazine groups is 1. The summed E-state index contributed by atoms with van der Waals surface area (Å²) in [5.41, 5.74) is 2.52. The van der Waals surface area contributed by atoms with Gasteiger partial charge in [0.15, 0.2) is 9.49 Å². The van der Waals surface area contributed by atoms with E-state index >= 15 is 0 Å². The molecule has 2 aliphatic rings. The zero-order chi connectivity index (χ0) is 19.3. The molecule has 4 rings (SSSR count). The van der Waals surface area contributed by atoms with E-state index in [0.717, 1.165) is 30.4 Å². The number of amides is 1. The molecule has 1 saturated heterocycles. The maximum absolute atomic E-state index is 11.8. The third-order valence-corrected chi connectivity index (χ3v) is 6.05. The lowest BCUT2D eigenvalue weighted by Crippen LogP contribution is -2.46. The molecule has 2 aliphatic heterocycles. The average molecular weight is 411 g/mol. The number of fused-ring (bicyclic) bond motifs is 1. The number of thiocarbonyl (C=S) groups is 1. The first kappa shape index (κ1) is 19.1. The fourth-order valence-electron chi connectivity index (χ4n) is 3.39. The van der Waals surface area contributed by atoms with Crippen molar-refractivity contribution >= 4 is 39.4 Å². The van der Waals surface area contributed by atoms with E-state index in [1.807, 2.05) is 12.1 Å². The predicted octanol–water partition coefficient (Wildman–Crippen LogP) is 3.87. The van der Waals surface area contributed by atoms with Crippen LogP contribution in [0.5, 0.6) is 0 Å². The van der Waals surface area contributed by atoms with E-state index in [4.69, 9.17) is 12.2 Å². The summed E-state index contributed by atoms with van der Waals surface area (Å²) in [7, 11) is 0. The van der Waals surface area contributed by atoms with Crippen LogP contribution in [0, 0.1) is 0 Å². The average Bonchev–Trinajstić information content (AvgIpc) is 2.86. The van der Waals surface area contributed by atoms with Crippen molar-refractivity contribution in [2.45, 2.75) is 25.9 Å². The van der Waals surface area contributed by atoms with Gasteiger partial charge < -0.3 is 0 Å². The number of rotatable bonds is 6. The van der Waals surface area contributed by atoms with E-state index in [1.54, 1.807) is 0 Å². The molecular formula is C21H22N4OS2. The number of benzene rings is 2. The van der Waals surface area contributed by atoms with Gasteiger partial charge in [0.05, 0.1) is 6.67 Å². The van der Waals surface area contributed by atoms with Crippen molar-refractivity contribution in [2.75, 3.05) is 13.2 Å². The zero-order valence-corrected chi connectivity index (χ0v) is 17.2. The maximum Gasteiger partial charge on any atom is 0.248 e. The Morgan fingerprint density at radius 2 is 1.61 bits per heavy atom. The van der Waals surface area contributed by atoms with E-state index in [0.29, 0.717) is 18.3 Å². The van der Waals surface area contributed by atoms with Crippen LogP contribution in [-0.2, 0) is 17.9 Å². The molecule has 2 aromatic carbocycles. The van der Waals surface area contributed by atoms with Crippen LogP contribution in [0.1, 0.15) is 24.0 Å². The minimum Gasteiger partial charge on any atom is -0.276 e. The van der Waals surface area contributed by atoms with Crippen molar-refractivity contribution in [2.24, 2.45) is 4.99 Å². The van der Waals surface area contributed by atoms with E-state index in [-0.39, 0.29) is 5.91 Å². The van der Waals surface area contributed by atoms with Gasteiger partial charge in [-0.15, -0.1) is 0 Å². The second kappa shape index (κ2) is 8.86. The standard InChI is InChI=1S/C21H22N4OS2/c26-19-12-7-13-24-20(22-19)28-21(27)25(24)16-23(14-17-8-3-1-4-9-17)15-18-10-5-2-6-11-18/h1-6,8-11H,7,12-16H2. The third-order valence-electron chi connectivity index (χ3n) is 4.71. The Balaban J connectivity index is 1.55. The molecule has 1 amide bonds. The second-order valence-electron chi connectivity index (χ2n) is 6.88. The molecular weight excluding hydrogens is 388 g/mol. The smallest absolute Gasteiger partial charge is 0.248 e. The summed E-state index contributed by atoms with van der Waals surface area (Å²) >= 11 is 7.03. The van der Waals surface area contributed by atoms with Crippen molar-refractivity contribution in [3.05, 3.63) is 71.8 Å². The number of thioether (sulfide) groups is 1. The minimum absolute atomic E-state index is 0.0555. The normalized spacial score (nSPS) is 17.0. The molecule has 0 bridgehead atoms. The molecule has 28 heavy (non-hydrogen) atoms. The van der Waals surface area contributed by atoms with Crippen LogP contribution in [0.25, 0.3) is 0 Å². The van der Waals surface area contributed by atoms with Crippen LogP contribution >= 0.6 is 24.0 Å². The van der Waals surface area contributed by atoms with Crippen molar-refractivity contribution < 1.29 is 4.79 Å². The van der Waals surface area contributed by atoms with Crippen LogP contribution in [0.3, 0.4) is 0 Å². The van der Waals surface area contributed by atoms with Gasteiger partial charge in [-0.05, 0) is 29.3 Å². The number of hydrogen-bond acceptors (Lipinski definition) is 5. The van der Waals surface area contributed by atoms with Gasteiger partial charge in [-0.1, -0.05) is 72.9 Å². The molecule has 0 aromatic heterocycles. The Morgan fingerprint density at radius 3 is 2.21 bits per heavy atom. The SMILES string of the molecule is O=C1CCCN2C(=N1)SC(=S)N2CN(Cc1ccccc1)Cc1ccccc1. The summed E-state index contributed by atoms with van der Waals surface area (Å²) < 4.78 is 0.750. The molecule has 5 nitrogen and oxygen atoms in total. The molecule has 0 atom stereocenters. The van der Waals surface area contributed by atoms with Crippen LogP contribution < -0.4 is 0 Å². The van der Waals surface area contributed by atoms with Crippen LogP contribution in [0.15, 0.2) is 65.7 Å². The van der Waals surface area contributed by atoms with E-state index in [1.165, 1.54) is 22.9 Å². The van der Waals surface area contributed by atoms with Gasteiger partial charge in [0.25, 0.3) is 0 Å². The van der Waals surface area contributed by atoms with Crippen molar-refractivity contribution in [3.63, 3.8) is 0 Å². The maximum atomic E-state index is 11.8. The molecule has 2 aromatic rings. The summed E-state index contributed by atoms with van der Waals surface area (Å²) in [6, 6.07) is 20.9. The quantitative estimate of drug-likeness (QED) is 0.673. The zero-order valence-electron chi connectivity index (χ0n) is 15.5. The number of carbonyl (C=O) groups excluding carboxylic acids is 1. The first-order valence-corrected chi connectivity index (χ1v) is 10.6. The topological polar surface area (TPSA) is 39.2 Å². The molecule has 0 saturated carbocycles. The van der Waals surface area contributed by atoms with Gasteiger partial charge >= 0.3 is 0 Å². The summed E-state index contributed by atoms with van der Waals surface area (Å²) in [5, 5.41) is 4.87. The second-order valence-corrected chi connectivity index (χ2v) is 8.48. The van der Waals surface area contributed by atoms with Crippen molar-refractivity contribution in [1.82, 2.24) is 14.9 Å². The number of nitrogens with zero attached hydrogens (tertiary/aromatic N) is 4. The molecule has 0 N–H and O–H groups in total. The van der Waals surface area contributed by atoms with Crippen molar-refractivity contribution in [1.29, 1.82) is 0 Å². The first-order valence-electron chi connectivity index (χ1n) is 9.37. The Labute approximate surface area is 175 Å². The summed E-state index contributed by atoms with van der Waals surface area (Å²) in [6.45, 7) is 3.06. The van der Waals surface area contributed by atoms with Gasteiger partial charge in [0.2, 0.25) is 5.91 Å². The Hall–Kier alpha value is -2.22. The molecule has 0 spiro atoms. The molecule has 7 heteroatoms. The van der Waals surface area contributed by atoms with Gasteiger partial charge in [0, 0.05) is 26.1 Å². The minimum atomic E-state index is -0.0555. The highest BCUT2D eigenvalue weighted by Crippen LogP contribution is 2.29. The Morgan fingerprint density at radius 1 is 1.00 bits per heavy atom. The summed E-state index contributed by atoms with van der Waals surface area (Å²) in [6.07, 6.45) is 1.29. The molecule has 0 aliphatic carbocycles. The Kier molecular flexibility index (Phi) is 6.04. The fraction of sp³-hybridized carbons (Fsp3) is 0.286. The van der Waals surface area contributed by atoms with Crippen molar-refractivity contribution in [3.8, 4) is 0 Å². The highest BCUT2D eigenvalue weighted by molar-refractivity contribution is 8.33. The Bertz CT molecular complexity index is 831. The van der Waals surface area contributed by atoms with Gasteiger partial charge in [-0.3, -0.25) is 19.7 Å². The number of hydrogen-bond donors (Lipinski definition) is 0. The summed E-state index contributed by atoms with van der Waals surface area (Å²) in [4.78, 5) is 18.4. The van der Waals surface area contributed by atoms with Crippen LogP contribution in [0.4, 0.5) is 0 Å². The molecule has 0 unspecified atom stereocenters. The highest BCUT2D eigenvalue weighted by Gasteiger charge is 2.35. The molecule has 144 valence electrons. The summed E-state index contributed by atoms with van der Waals surface area (Å²) in [5.74, 6) is -0.0555. The number of carbonyl (C=O) groups is 1. The lowest BCUT2D eigenvalue weighted by molar-refractivity contribution is -0.117. The lowest BCUT2D eigenvalue weighted by atomic mass is 10.2. The molecule has 0 radical (unpaired) electrons. The predicted molar refractivity (Wildman–Crippen MR) is 117 cm³/mol. The molecule has 2 heterocycles. The number of aliphatic imine (C=N–C) groups is 1. The number of amidine groups is 1. The highest BCUT2D eigenvalue weighted by atomic mass is 32.2. The largest absolute Gasteiger partial charge is 0.276 e. The van der Waals surface area contributed by atoms with E-state index in [9.17, 15) is 4.79 Å². The third kappa shape index (κ3) is 4.60. The van der Waals surface area contributed by atoms with Crippen LogP contribution in [0.2, 0.25) is 0 Å². The monoisotopic (exact) mass is 410 g/mol. The van der Waals surface area contributed by atoms with Crippen LogP contribution in [-0.4, -0.2) is 43.5 Å². The van der Waals surface area contributed by atoms with Gasteiger partial charge in [-0.25, -0.2) is 0 Å². The van der Waals surface area contributed by atoms with Gasteiger partial charge in [-0.2, -0.15) is 4.99 Å². The van der Waals surface area contributed by atoms with Gasteiger partial charge in [0.1, 0.15) is 0 Å². The first-order chi connectivity index (χ1) is 13.7. The molecule has 1 fully saturated rings.